The first-order chi connectivity index (χ1) is 21.8. The van der Waals surface area contributed by atoms with E-state index in [4.69, 9.17) is 9.97 Å². The third-order valence-corrected chi connectivity index (χ3v) is 9.58. The van der Waals surface area contributed by atoms with Gasteiger partial charge in [0.1, 0.15) is 0 Å². The Morgan fingerprint density at radius 3 is 1.50 bits per heavy atom. The molecular formula is C41H28N2S. The van der Waals surface area contributed by atoms with Gasteiger partial charge in [-0.05, 0) is 46.5 Å². The summed E-state index contributed by atoms with van der Waals surface area (Å²) < 4.78 is 0. The van der Waals surface area contributed by atoms with E-state index in [0.717, 1.165) is 33.9 Å². The van der Waals surface area contributed by atoms with Crippen LogP contribution < -0.4 is 0 Å². The van der Waals surface area contributed by atoms with E-state index in [1.807, 2.05) is 36.0 Å². The molecule has 208 valence electrons. The zero-order valence-corrected chi connectivity index (χ0v) is 24.8. The molecule has 6 aromatic carbocycles. The van der Waals surface area contributed by atoms with Crippen molar-refractivity contribution >= 4 is 11.8 Å². The Morgan fingerprint density at radius 1 is 0.386 bits per heavy atom. The summed E-state index contributed by atoms with van der Waals surface area (Å²) in [5.41, 5.74) is 9.48. The predicted octanol–water partition coefficient (Wildman–Crippen LogP) is 10.3. The van der Waals surface area contributed by atoms with Crippen molar-refractivity contribution in [2.75, 3.05) is 0 Å². The Balaban J connectivity index is 1.39. The molecule has 1 aliphatic rings. The molecule has 0 saturated carbocycles. The molecule has 0 atom stereocenters. The van der Waals surface area contributed by atoms with Crippen LogP contribution in [-0.2, 0) is 5.41 Å². The molecule has 0 radical (unpaired) electrons. The molecule has 0 N–H and O–H groups in total. The maximum atomic E-state index is 5.15. The first-order valence-corrected chi connectivity index (χ1v) is 15.7. The Bertz CT molecular complexity index is 1990. The fourth-order valence-electron chi connectivity index (χ4n) is 6.45. The zero-order chi connectivity index (χ0) is 29.3. The van der Waals surface area contributed by atoms with Gasteiger partial charge in [-0.3, -0.25) is 0 Å². The summed E-state index contributed by atoms with van der Waals surface area (Å²) >= 11 is 1.85. The normalized spacial score (nSPS) is 13.1. The number of fused-ring (bicyclic) bond motifs is 2. The molecule has 7 aromatic rings. The van der Waals surface area contributed by atoms with Gasteiger partial charge in [-0.1, -0.05) is 157 Å². The van der Waals surface area contributed by atoms with Gasteiger partial charge in [0.25, 0.3) is 0 Å². The Kier molecular flexibility index (Phi) is 6.66. The van der Waals surface area contributed by atoms with Crippen molar-refractivity contribution in [2.24, 2.45) is 0 Å². The van der Waals surface area contributed by atoms with Gasteiger partial charge >= 0.3 is 0 Å². The largest absolute Gasteiger partial charge is 0.228 e. The fourth-order valence-corrected chi connectivity index (χ4v) is 7.64. The van der Waals surface area contributed by atoms with Gasteiger partial charge < -0.3 is 0 Å². The van der Waals surface area contributed by atoms with Crippen LogP contribution in [0.2, 0.25) is 0 Å². The molecule has 3 heteroatoms. The van der Waals surface area contributed by atoms with Crippen molar-refractivity contribution in [3.8, 4) is 33.9 Å². The van der Waals surface area contributed by atoms with E-state index in [9.17, 15) is 0 Å². The topological polar surface area (TPSA) is 25.8 Å². The SMILES string of the molecule is c1ccc(-c2cc(-c3cccc(C4(c5ccccc5)c5ccccc5Sc5ccccc54)c3)nc(-c3ccccc3)n2)cc1. The molecule has 0 fully saturated rings. The van der Waals surface area contributed by atoms with Crippen LogP contribution in [0.15, 0.2) is 180 Å². The van der Waals surface area contributed by atoms with Crippen LogP contribution in [0, 0.1) is 0 Å². The van der Waals surface area contributed by atoms with E-state index in [0.29, 0.717) is 0 Å². The molecule has 1 aliphatic heterocycles. The Labute approximate surface area is 262 Å². The lowest BCUT2D eigenvalue weighted by Crippen LogP contribution is -2.34. The van der Waals surface area contributed by atoms with Gasteiger partial charge in [-0.2, -0.15) is 0 Å². The third-order valence-electron chi connectivity index (χ3n) is 8.43. The van der Waals surface area contributed by atoms with Crippen LogP contribution >= 0.6 is 11.8 Å². The monoisotopic (exact) mass is 580 g/mol. The molecule has 0 unspecified atom stereocenters. The molecule has 0 spiro atoms. The van der Waals surface area contributed by atoms with Crippen LogP contribution in [0.4, 0.5) is 0 Å². The van der Waals surface area contributed by atoms with Crippen molar-refractivity contribution in [3.05, 3.63) is 192 Å². The summed E-state index contributed by atoms with van der Waals surface area (Å²) in [7, 11) is 0. The van der Waals surface area contributed by atoms with E-state index in [1.165, 1.54) is 32.0 Å². The van der Waals surface area contributed by atoms with Crippen molar-refractivity contribution < 1.29 is 0 Å². The molecule has 0 bridgehead atoms. The number of nitrogens with zero attached hydrogens (tertiary/aromatic N) is 2. The number of aromatic nitrogens is 2. The van der Waals surface area contributed by atoms with Crippen molar-refractivity contribution in [1.82, 2.24) is 9.97 Å². The molecular weight excluding hydrogens is 553 g/mol. The van der Waals surface area contributed by atoms with E-state index >= 15 is 0 Å². The molecule has 0 aliphatic carbocycles. The maximum Gasteiger partial charge on any atom is 0.160 e. The molecule has 2 heterocycles. The van der Waals surface area contributed by atoms with Gasteiger partial charge in [0, 0.05) is 26.5 Å². The van der Waals surface area contributed by atoms with E-state index in [1.54, 1.807) is 0 Å². The summed E-state index contributed by atoms with van der Waals surface area (Å²) in [6.45, 7) is 0. The lowest BCUT2D eigenvalue weighted by molar-refractivity contribution is 0.703. The van der Waals surface area contributed by atoms with Gasteiger partial charge in [0.2, 0.25) is 0 Å². The van der Waals surface area contributed by atoms with Gasteiger partial charge in [-0.15, -0.1) is 0 Å². The van der Waals surface area contributed by atoms with Crippen LogP contribution in [-0.4, -0.2) is 9.97 Å². The summed E-state index contributed by atoms with van der Waals surface area (Å²) in [5, 5.41) is 0. The maximum absolute atomic E-state index is 5.15. The van der Waals surface area contributed by atoms with Gasteiger partial charge in [-0.25, -0.2) is 9.97 Å². The first-order valence-electron chi connectivity index (χ1n) is 14.8. The van der Waals surface area contributed by atoms with Crippen LogP contribution in [0.1, 0.15) is 22.3 Å². The lowest BCUT2D eigenvalue weighted by Gasteiger charge is -2.42. The van der Waals surface area contributed by atoms with Crippen LogP contribution in [0.25, 0.3) is 33.9 Å². The second kappa shape index (κ2) is 11.1. The van der Waals surface area contributed by atoms with Crippen LogP contribution in [0.3, 0.4) is 0 Å². The van der Waals surface area contributed by atoms with E-state index in [2.05, 4.69) is 146 Å². The lowest BCUT2D eigenvalue weighted by atomic mass is 9.64. The molecule has 1 aromatic heterocycles. The number of benzene rings is 6. The second-order valence-corrected chi connectivity index (χ2v) is 12.1. The zero-order valence-electron chi connectivity index (χ0n) is 24.0. The Hall–Kier alpha value is -5.25. The minimum absolute atomic E-state index is 0.493. The molecule has 8 rings (SSSR count). The van der Waals surface area contributed by atoms with Crippen LogP contribution in [0.5, 0.6) is 0 Å². The second-order valence-electron chi connectivity index (χ2n) is 11.0. The number of hydrogen-bond acceptors (Lipinski definition) is 3. The van der Waals surface area contributed by atoms with Crippen molar-refractivity contribution in [3.63, 3.8) is 0 Å². The highest BCUT2D eigenvalue weighted by Crippen LogP contribution is 2.55. The van der Waals surface area contributed by atoms with E-state index in [-0.39, 0.29) is 0 Å². The highest BCUT2D eigenvalue weighted by molar-refractivity contribution is 7.99. The average molecular weight is 581 g/mol. The van der Waals surface area contributed by atoms with Crippen molar-refractivity contribution in [2.45, 2.75) is 15.2 Å². The van der Waals surface area contributed by atoms with E-state index < -0.39 is 5.41 Å². The molecule has 44 heavy (non-hydrogen) atoms. The summed E-state index contributed by atoms with van der Waals surface area (Å²) in [6, 6.07) is 60.3. The first kappa shape index (κ1) is 26.4. The molecule has 0 saturated heterocycles. The number of hydrogen-bond donors (Lipinski definition) is 0. The minimum Gasteiger partial charge on any atom is -0.228 e. The minimum atomic E-state index is -0.493. The summed E-state index contributed by atoms with van der Waals surface area (Å²) in [6.07, 6.45) is 0. The van der Waals surface area contributed by atoms with Crippen molar-refractivity contribution in [1.29, 1.82) is 0 Å². The van der Waals surface area contributed by atoms with Gasteiger partial charge in [0.15, 0.2) is 5.82 Å². The highest BCUT2D eigenvalue weighted by atomic mass is 32.2. The summed E-state index contributed by atoms with van der Waals surface area (Å²) in [5.74, 6) is 0.717. The predicted molar refractivity (Wildman–Crippen MR) is 181 cm³/mol. The third kappa shape index (κ3) is 4.45. The standard InChI is InChI=1S/C41H28N2S/c1-4-15-29(16-5-1)36-28-37(43-40(42-36)30-17-6-2-7-18-30)31-19-14-22-33(27-31)41(32-20-8-3-9-21-32)34-23-10-12-25-38(34)44-39-26-13-11-24-35(39)41/h1-28H. The Morgan fingerprint density at radius 2 is 0.864 bits per heavy atom. The molecule has 0 amide bonds. The average Bonchev–Trinajstić information content (AvgIpc) is 3.11. The smallest absolute Gasteiger partial charge is 0.160 e. The molecule has 2 nitrogen and oxygen atoms in total. The quantitative estimate of drug-likeness (QED) is 0.203. The number of rotatable bonds is 5. The van der Waals surface area contributed by atoms with Gasteiger partial charge in [0.05, 0.1) is 16.8 Å². The highest BCUT2D eigenvalue weighted by Gasteiger charge is 2.44. The summed E-state index contributed by atoms with van der Waals surface area (Å²) in [4.78, 5) is 12.7. The fraction of sp³-hybridized carbons (Fsp3) is 0.0244.